The van der Waals surface area contributed by atoms with Crippen LogP contribution in [-0.4, -0.2) is 40.3 Å². The predicted octanol–water partition coefficient (Wildman–Crippen LogP) is 0.333. The quantitative estimate of drug-likeness (QED) is 0.555. The van der Waals surface area contributed by atoms with Crippen LogP contribution in [-0.2, 0) is 38.2 Å². The van der Waals surface area contributed by atoms with Crippen molar-refractivity contribution < 1.29 is 34.8 Å². The summed E-state index contributed by atoms with van der Waals surface area (Å²) in [5.41, 5.74) is 0. The molecule has 0 aromatic heterocycles. The molecule has 0 aliphatic heterocycles. The third-order valence-electron chi connectivity index (χ3n) is 1.88. The maximum absolute atomic E-state index is 11.2. The van der Waals surface area contributed by atoms with E-state index in [0.717, 1.165) is 0 Å². The monoisotopic (exact) mass is 330 g/mol. The molecule has 0 aliphatic carbocycles. The van der Waals surface area contributed by atoms with Crippen molar-refractivity contribution in [3.05, 3.63) is 0 Å². The molecular weight excluding hydrogens is 312 g/mol. The minimum absolute atomic E-state index is 0.285. The molecule has 8 nitrogen and oxygen atoms in total. The molecule has 0 unspecified atom stereocenters. The van der Waals surface area contributed by atoms with Crippen LogP contribution in [0.4, 0.5) is 0 Å². The summed E-state index contributed by atoms with van der Waals surface area (Å²) >= 11 is 0. The molecule has 0 fully saturated rings. The zero-order valence-electron chi connectivity index (χ0n) is 11.3. The number of carbonyl (C=O) groups excluding carboxylic acids is 2. The molecule has 0 spiro atoms. The highest BCUT2D eigenvalue weighted by atomic mass is 32.2. The first-order chi connectivity index (χ1) is 9.12. The molecule has 0 saturated heterocycles. The minimum atomic E-state index is -3.94. The molecule has 118 valence electrons. The Balaban J connectivity index is 4.23. The lowest BCUT2D eigenvalue weighted by Crippen LogP contribution is -2.19. The van der Waals surface area contributed by atoms with Crippen molar-refractivity contribution in [3.63, 3.8) is 0 Å². The summed E-state index contributed by atoms with van der Waals surface area (Å²) in [6.45, 7) is 3.20. The Labute approximate surface area is 118 Å². The first-order valence-electron chi connectivity index (χ1n) is 6.02. The van der Waals surface area contributed by atoms with Crippen LogP contribution in [0.2, 0.25) is 0 Å². The van der Waals surface area contributed by atoms with Crippen molar-refractivity contribution in [2.45, 2.75) is 39.5 Å². The van der Waals surface area contributed by atoms with Gasteiger partial charge in [0.1, 0.15) is 0 Å². The zero-order chi connectivity index (χ0) is 15.8. The fourth-order valence-electron chi connectivity index (χ4n) is 1.15. The standard InChI is InChI=1S/C10H18O8S2/c1-3-7-19(13,14)17-9(11)5-6-10(12)18-20(15,16)8-4-2/h3-8H2,1-2H3. The van der Waals surface area contributed by atoms with E-state index in [1.54, 1.807) is 13.8 Å². The van der Waals surface area contributed by atoms with Gasteiger partial charge < -0.3 is 8.37 Å². The SMILES string of the molecule is CCCS(=O)(=O)OC(=O)CCC(=O)OS(=O)(=O)CCC. The van der Waals surface area contributed by atoms with Gasteiger partial charge in [0.15, 0.2) is 0 Å². The van der Waals surface area contributed by atoms with E-state index >= 15 is 0 Å². The van der Waals surface area contributed by atoms with Gasteiger partial charge in [-0.15, -0.1) is 0 Å². The van der Waals surface area contributed by atoms with Gasteiger partial charge in [-0.25, -0.2) is 0 Å². The highest BCUT2D eigenvalue weighted by Crippen LogP contribution is 2.05. The van der Waals surface area contributed by atoms with Gasteiger partial charge in [0, 0.05) is 0 Å². The molecule has 10 heteroatoms. The van der Waals surface area contributed by atoms with Crippen molar-refractivity contribution in [1.29, 1.82) is 0 Å². The van der Waals surface area contributed by atoms with Gasteiger partial charge in [-0.1, -0.05) is 13.8 Å². The summed E-state index contributed by atoms with van der Waals surface area (Å²) in [5.74, 6) is -2.87. The molecule has 0 rings (SSSR count). The van der Waals surface area contributed by atoms with Crippen molar-refractivity contribution in [3.8, 4) is 0 Å². The molecule has 0 atom stereocenters. The Hall–Kier alpha value is -1.16. The topological polar surface area (TPSA) is 121 Å². The summed E-state index contributed by atoms with van der Waals surface area (Å²) in [4.78, 5) is 22.3. The molecule has 0 aromatic rings. The summed E-state index contributed by atoms with van der Waals surface area (Å²) in [5, 5.41) is 0. The number of hydrogen-bond acceptors (Lipinski definition) is 8. The number of carbonyl (C=O) groups is 2. The van der Waals surface area contributed by atoms with E-state index in [-0.39, 0.29) is 24.3 Å². The van der Waals surface area contributed by atoms with Crippen molar-refractivity contribution >= 4 is 32.2 Å². The largest absolute Gasteiger partial charge is 0.346 e. The van der Waals surface area contributed by atoms with Crippen LogP contribution in [0.25, 0.3) is 0 Å². The molecule has 0 N–H and O–H groups in total. The predicted molar refractivity (Wildman–Crippen MR) is 69.6 cm³/mol. The van der Waals surface area contributed by atoms with Gasteiger partial charge in [-0.3, -0.25) is 9.59 Å². The molecule has 0 aromatic carbocycles. The van der Waals surface area contributed by atoms with Crippen molar-refractivity contribution in [2.24, 2.45) is 0 Å². The van der Waals surface area contributed by atoms with Gasteiger partial charge in [0.05, 0.1) is 24.3 Å². The van der Waals surface area contributed by atoms with Crippen LogP contribution in [0.3, 0.4) is 0 Å². The number of rotatable bonds is 9. The van der Waals surface area contributed by atoms with E-state index in [9.17, 15) is 26.4 Å². The van der Waals surface area contributed by atoms with Gasteiger partial charge >= 0.3 is 32.2 Å². The second kappa shape index (κ2) is 8.20. The first-order valence-corrected chi connectivity index (χ1v) is 9.17. The molecule has 0 amide bonds. The first kappa shape index (κ1) is 18.8. The maximum Gasteiger partial charge on any atom is 0.322 e. The third-order valence-corrected chi connectivity index (χ3v) is 4.58. The average Bonchev–Trinajstić information content (AvgIpc) is 2.24. The summed E-state index contributed by atoms with van der Waals surface area (Å²) in [7, 11) is -7.88. The van der Waals surface area contributed by atoms with Crippen LogP contribution in [0, 0.1) is 0 Å². The van der Waals surface area contributed by atoms with Crippen LogP contribution in [0.15, 0.2) is 0 Å². The summed E-state index contributed by atoms with van der Waals surface area (Å²) < 4.78 is 52.9. The average molecular weight is 330 g/mol. The lowest BCUT2D eigenvalue weighted by molar-refractivity contribution is -0.140. The molecule has 0 saturated carbocycles. The van der Waals surface area contributed by atoms with E-state index in [1.165, 1.54) is 0 Å². The fraction of sp³-hybridized carbons (Fsp3) is 0.800. The smallest absolute Gasteiger partial charge is 0.322 e. The highest BCUT2D eigenvalue weighted by Gasteiger charge is 2.20. The lowest BCUT2D eigenvalue weighted by Gasteiger charge is -2.05. The van der Waals surface area contributed by atoms with E-state index in [2.05, 4.69) is 8.37 Å². The second-order valence-corrected chi connectivity index (χ2v) is 7.31. The molecular formula is C10H18O8S2. The highest BCUT2D eigenvalue weighted by molar-refractivity contribution is 7.87. The van der Waals surface area contributed by atoms with Crippen LogP contribution < -0.4 is 0 Å². The normalized spacial score (nSPS) is 11.9. The summed E-state index contributed by atoms with van der Waals surface area (Å²) in [6.07, 6.45) is -0.563. The van der Waals surface area contributed by atoms with Crippen LogP contribution >= 0.6 is 0 Å². The fourth-order valence-corrected chi connectivity index (χ4v) is 3.05. The van der Waals surface area contributed by atoms with Crippen molar-refractivity contribution in [2.75, 3.05) is 11.5 Å². The minimum Gasteiger partial charge on any atom is -0.346 e. The Morgan fingerprint density at radius 2 is 1.05 bits per heavy atom. The van der Waals surface area contributed by atoms with Gasteiger partial charge in [-0.05, 0) is 12.8 Å². The maximum atomic E-state index is 11.2. The van der Waals surface area contributed by atoms with Crippen LogP contribution in [0.5, 0.6) is 0 Å². The molecule has 0 bridgehead atoms. The van der Waals surface area contributed by atoms with E-state index in [4.69, 9.17) is 0 Å². The van der Waals surface area contributed by atoms with Gasteiger partial charge in [-0.2, -0.15) is 16.8 Å². The molecule has 0 heterocycles. The Kier molecular flexibility index (Phi) is 7.72. The van der Waals surface area contributed by atoms with E-state index in [1.807, 2.05) is 0 Å². The Morgan fingerprint density at radius 1 is 0.750 bits per heavy atom. The lowest BCUT2D eigenvalue weighted by atomic mass is 10.3. The molecule has 0 aliphatic rings. The Bertz CT molecular complexity index is 482. The zero-order valence-corrected chi connectivity index (χ0v) is 13.0. The second-order valence-electron chi connectivity index (χ2n) is 3.93. The van der Waals surface area contributed by atoms with E-state index < -0.39 is 45.0 Å². The molecule has 0 radical (unpaired) electrons. The summed E-state index contributed by atoms with van der Waals surface area (Å²) in [6, 6.07) is 0. The van der Waals surface area contributed by atoms with Gasteiger partial charge in [0.25, 0.3) is 0 Å². The Morgan fingerprint density at radius 3 is 1.30 bits per heavy atom. The van der Waals surface area contributed by atoms with Crippen molar-refractivity contribution in [1.82, 2.24) is 0 Å². The third kappa shape index (κ3) is 8.86. The van der Waals surface area contributed by atoms with Gasteiger partial charge in [0.2, 0.25) is 0 Å². The van der Waals surface area contributed by atoms with E-state index in [0.29, 0.717) is 0 Å². The van der Waals surface area contributed by atoms with Crippen LogP contribution in [0.1, 0.15) is 39.5 Å². The number of hydrogen-bond donors (Lipinski definition) is 0. The molecule has 20 heavy (non-hydrogen) atoms.